The molecule has 3 rings (SSSR count). The van der Waals surface area contributed by atoms with Crippen molar-refractivity contribution in [2.75, 3.05) is 0 Å². The molecule has 1 amide bonds. The molecule has 1 aromatic heterocycles. The Morgan fingerprint density at radius 3 is 2.65 bits per heavy atom. The summed E-state index contributed by atoms with van der Waals surface area (Å²) in [6, 6.07) is 1.37. The summed E-state index contributed by atoms with van der Waals surface area (Å²) in [4.78, 5) is 11.8. The maximum absolute atomic E-state index is 13.0. The number of amides is 1. The summed E-state index contributed by atoms with van der Waals surface area (Å²) in [5.74, 6) is -6.05. The van der Waals surface area contributed by atoms with E-state index in [1.807, 2.05) is 4.72 Å². The molecule has 2 aliphatic carbocycles. The summed E-state index contributed by atoms with van der Waals surface area (Å²) in [5.41, 5.74) is 0.172. The Balaban J connectivity index is 1.57. The normalized spacial score (nSPS) is 30.8. The zero-order valence-corrected chi connectivity index (χ0v) is 11.1. The number of nitrogens with one attached hydrogen (secondary N) is 1. The number of halogens is 2. The lowest BCUT2D eigenvalue weighted by Gasteiger charge is -2.13. The number of carbonyl (C=O) groups is 1. The van der Waals surface area contributed by atoms with Gasteiger partial charge >= 0.3 is 0 Å². The molecular weight excluding hydrogens is 294 g/mol. The molecule has 1 heterocycles. The minimum Gasteiger partial charge on any atom is -0.364 e. The van der Waals surface area contributed by atoms with Crippen molar-refractivity contribution in [1.29, 1.82) is 0 Å². The van der Waals surface area contributed by atoms with E-state index in [4.69, 9.17) is 0 Å². The van der Waals surface area contributed by atoms with Gasteiger partial charge in [-0.3, -0.25) is 9.52 Å². The first-order valence-corrected chi connectivity index (χ1v) is 7.76. The SMILES string of the molecule is O=C(NS(=O)(=O)Cc1ccon1)C1C[C@@H]2[C@H](C1)C2(F)F. The summed E-state index contributed by atoms with van der Waals surface area (Å²) in [7, 11) is -3.88. The molecule has 0 aromatic carbocycles. The van der Waals surface area contributed by atoms with Crippen molar-refractivity contribution in [3.05, 3.63) is 18.0 Å². The van der Waals surface area contributed by atoms with Crippen LogP contribution in [0.4, 0.5) is 8.78 Å². The second-order valence-electron chi connectivity index (χ2n) is 5.27. The van der Waals surface area contributed by atoms with Crippen molar-refractivity contribution in [1.82, 2.24) is 9.88 Å². The van der Waals surface area contributed by atoms with Crippen LogP contribution in [0.15, 0.2) is 16.9 Å². The molecule has 0 spiro atoms. The molecule has 0 radical (unpaired) electrons. The topological polar surface area (TPSA) is 89.3 Å². The van der Waals surface area contributed by atoms with Gasteiger partial charge in [0.2, 0.25) is 15.9 Å². The molecule has 2 fully saturated rings. The minimum atomic E-state index is -3.88. The quantitative estimate of drug-likeness (QED) is 0.893. The molecule has 1 N–H and O–H groups in total. The van der Waals surface area contributed by atoms with Gasteiger partial charge in [0, 0.05) is 23.8 Å². The molecule has 110 valence electrons. The molecule has 6 nitrogen and oxygen atoms in total. The van der Waals surface area contributed by atoms with Gasteiger partial charge in [-0.05, 0) is 12.8 Å². The third kappa shape index (κ3) is 2.30. The highest BCUT2D eigenvalue weighted by Gasteiger charge is 2.72. The first-order chi connectivity index (χ1) is 9.29. The molecule has 20 heavy (non-hydrogen) atoms. The standard InChI is InChI=1S/C11H12F2N2O4S/c12-11(13)8-3-6(4-9(8)11)10(16)15-20(17,18)5-7-1-2-19-14-7/h1-2,6,8-9H,3-5H2,(H,15,16)/t6?,8-,9+. The van der Waals surface area contributed by atoms with E-state index in [1.165, 1.54) is 12.3 Å². The summed E-state index contributed by atoms with van der Waals surface area (Å²) in [6.07, 6.45) is 1.31. The average molecular weight is 306 g/mol. The summed E-state index contributed by atoms with van der Waals surface area (Å²) in [5, 5.41) is 3.44. The summed E-state index contributed by atoms with van der Waals surface area (Å²) < 4.78 is 55.9. The summed E-state index contributed by atoms with van der Waals surface area (Å²) in [6.45, 7) is 0. The number of carbonyl (C=O) groups excluding carboxylic acids is 1. The van der Waals surface area contributed by atoms with Gasteiger partial charge in [-0.25, -0.2) is 17.2 Å². The van der Waals surface area contributed by atoms with Gasteiger partial charge in [0.15, 0.2) is 0 Å². The van der Waals surface area contributed by atoms with Crippen LogP contribution in [0.25, 0.3) is 0 Å². The predicted molar refractivity (Wildman–Crippen MR) is 61.9 cm³/mol. The molecule has 0 saturated heterocycles. The van der Waals surface area contributed by atoms with Crippen LogP contribution in [0, 0.1) is 17.8 Å². The van der Waals surface area contributed by atoms with Gasteiger partial charge in [0.05, 0.1) is 0 Å². The number of fused-ring (bicyclic) bond motifs is 1. The van der Waals surface area contributed by atoms with E-state index in [0.717, 1.165) is 0 Å². The van der Waals surface area contributed by atoms with Crippen molar-refractivity contribution < 1.29 is 26.5 Å². The van der Waals surface area contributed by atoms with Crippen LogP contribution in [0.5, 0.6) is 0 Å². The maximum Gasteiger partial charge on any atom is 0.254 e. The Bertz CT molecular complexity index is 615. The number of rotatable bonds is 4. The largest absolute Gasteiger partial charge is 0.364 e. The molecule has 1 aromatic rings. The number of nitrogens with zero attached hydrogens (tertiary/aromatic N) is 1. The molecule has 1 unspecified atom stereocenters. The van der Waals surface area contributed by atoms with E-state index in [1.54, 1.807) is 0 Å². The number of alkyl halides is 2. The zero-order chi connectivity index (χ0) is 14.5. The highest BCUT2D eigenvalue weighted by Crippen LogP contribution is 2.65. The third-order valence-electron chi connectivity index (χ3n) is 3.90. The van der Waals surface area contributed by atoms with Crippen LogP contribution in [0.1, 0.15) is 18.5 Å². The smallest absolute Gasteiger partial charge is 0.254 e. The molecule has 0 aliphatic heterocycles. The van der Waals surface area contributed by atoms with E-state index in [0.29, 0.717) is 0 Å². The van der Waals surface area contributed by atoms with Crippen molar-refractivity contribution in [3.8, 4) is 0 Å². The number of sulfonamides is 1. The molecule has 2 saturated carbocycles. The lowest BCUT2D eigenvalue weighted by atomic mass is 10.0. The summed E-state index contributed by atoms with van der Waals surface area (Å²) >= 11 is 0. The molecule has 0 bridgehead atoms. The van der Waals surface area contributed by atoms with Gasteiger partial charge in [-0.2, -0.15) is 0 Å². The van der Waals surface area contributed by atoms with E-state index in [9.17, 15) is 22.0 Å². The van der Waals surface area contributed by atoms with Crippen molar-refractivity contribution >= 4 is 15.9 Å². The monoisotopic (exact) mass is 306 g/mol. The second-order valence-corrected chi connectivity index (χ2v) is 6.99. The van der Waals surface area contributed by atoms with Crippen molar-refractivity contribution in [3.63, 3.8) is 0 Å². The van der Waals surface area contributed by atoms with E-state index in [-0.39, 0.29) is 18.5 Å². The number of aromatic nitrogens is 1. The molecule has 2 aliphatic rings. The van der Waals surface area contributed by atoms with Gasteiger partial charge in [0.25, 0.3) is 5.92 Å². The van der Waals surface area contributed by atoms with Gasteiger partial charge in [-0.15, -0.1) is 0 Å². The van der Waals surface area contributed by atoms with Crippen LogP contribution in [-0.2, 0) is 20.6 Å². The Labute approximate surface area is 113 Å². The van der Waals surface area contributed by atoms with Gasteiger partial charge < -0.3 is 4.52 Å². The van der Waals surface area contributed by atoms with Gasteiger partial charge in [0.1, 0.15) is 17.7 Å². The molecule has 3 atom stereocenters. The lowest BCUT2D eigenvalue weighted by molar-refractivity contribution is -0.123. The van der Waals surface area contributed by atoms with E-state index in [2.05, 4.69) is 9.68 Å². The predicted octanol–water partition coefficient (Wildman–Crippen LogP) is 0.912. The Hall–Kier alpha value is -1.51. The Morgan fingerprint density at radius 1 is 1.45 bits per heavy atom. The fourth-order valence-electron chi connectivity index (χ4n) is 2.81. The fourth-order valence-corrected chi connectivity index (χ4v) is 3.89. The number of hydrogen-bond donors (Lipinski definition) is 1. The zero-order valence-electron chi connectivity index (χ0n) is 10.3. The van der Waals surface area contributed by atoms with Gasteiger partial charge in [-0.1, -0.05) is 5.16 Å². The highest BCUT2D eigenvalue weighted by molar-refractivity contribution is 7.89. The van der Waals surface area contributed by atoms with Crippen molar-refractivity contribution in [2.24, 2.45) is 17.8 Å². The van der Waals surface area contributed by atoms with Crippen LogP contribution in [0.2, 0.25) is 0 Å². The maximum atomic E-state index is 13.0. The highest BCUT2D eigenvalue weighted by atomic mass is 32.2. The Morgan fingerprint density at radius 2 is 2.10 bits per heavy atom. The van der Waals surface area contributed by atoms with E-state index < -0.39 is 45.4 Å². The minimum absolute atomic E-state index is 0.0446. The van der Waals surface area contributed by atoms with Crippen molar-refractivity contribution in [2.45, 2.75) is 24.5 Å². The van der Waals surface area contributed by atoms with Crippen LogP contribution >= 0.6 is 0 Å². The van der Waals surface area contributed by atoms with Crippen LogP contribution < -0.4 is 4.72 Å². The fraction of sp³-hybridized carbons (Fsp3) is 0.636. The van der Waals surface area contributed by atoms with E-state index >= 15 is 0 Å². The first kappa shape index (κ1) is 13.5. The number of hydrogen-bond acceptors (Lipinski definition) is 5. The second kappa shape index (κ2) is 4.24. The average Bonchev–Trinajstić information content (AvgIpc) is 2.83. The molecular formula is C11H12F2N2O4S. The first-order valence-electron chi connectivity index (χ1n) is 6.11. The third-order valence-corrected chi connectivity index (χ3v) is 5.09. The molecule has 9 heteroatoms. The van der Waals surface area contributed by atoms with Crippen LogP contribution in [0.3, 0.4) is 0 Å². The Kier molecular flexibility index (Phi) is 2.86. The lowest BCUT2D eigenvalue weighted by Crippen LogP contribution is -2.36. The van der Waals surface area contributed by atoms with Crippen LogP contribution in [-0.4, -0.2) is 25.4 Å².